The number of aryl methyl sites for hydroxylation is 1. The molecule has 1 heterocycles. The van der Waals surface area contributed by atoms with Crippen LogP contribution in [-0.2, 0) is 11.2 Å². The van der Waals surface area contributed by atoms with Crippen LogP contribution < -0.4 is 15.4 Å². The van der Waals surface area contributed by atoms with E-state index in [4.69, 9.17) is 4.74 Å². The largest absolute Gasteiger partial charge is 0.494 e. The van der Waals surface area contributed by atoms with E-state index in [1.807, 2.05) is 19.1 Å². The fourth-order valence-corrected chi connectivity index (χ4v) is 3.33. The molecule has 0 bridgehead atoms. The highest BCUT2D eigenvalue weighted by Gasteiger charge is 2.26. The number of ether oxygens (including phenoxy) is 1. The van der Waals surface area contributed by atoms with Crippen molar-refractivity contribution in [3.8, 4) is 5.75 Å². The molecule has 1 aromatic carbocycles. The fraction of sp³-hybridized carbons (Fsp3) is 0.389. The molecule has 0 spiro atoms. The second kappa shape index (κ2) is 7.65. The highest BCUT2D eigenvalue weighted by atomic mass is 32.1. The predicted molar refractivity (Wildman–Crippen MR) is 97.3 cm³/mol. The number of benzene rings is 1. The number of hydrogen-bond donors (Lipinski definition) is 2. The number of nitrogens with zero attached hydrogens (tertiary/aromatic N) is 1. The molecule has 0 unspecified atom stereocenters. The minimum Gasteiger partial charge on any atom is -0.494 e. The average molecular weight is 359 g/mol. The van der Waals surface area contributed by atoms with Gasteiger partial charge in [0.1, 0.15) is 15.6 Å². The number of aromatic nitrogens is 1. The standard InChI is InChI=1S/C18H21N3O3S/c1-3-24-14-8-6-12(7-9-14)20-15(22)10-16-19-11(2)17(25-16)18(23)21-13-4-5-13/h6-9,13H,3-5,10H2,1-2H3,(H,20,22)(H,21,23). The van der Waals surface area contributed by atoms with Gasteiger partial charge in [0.15, 0.2) is 0 Å². The molecule has 1 fully saturated rings. The molecule has 0 aliphatic heterocycles. The maximum absolute atomic E-state index is 12.2. The third kappa shape index (κ3) is 4.79. The Morgan fingerprint density at radius 2 is 2.00 bits per heavy atom. The number of thiazole rings is 1. The molecule has 1 aliphatic carbocycles. The predicted octanol–water partition coefficient (Wildman–Crippen LogP) is 2.92. The van der Waals surface area contributed by atoms with Gasteiger partial charge in [0, 0.05) is 11.7 Å². The molecule has 132 valence electrons. The van der Waals surface area contributed by atoms with E-state index in [9.17, 15) is 9.59 Å². The third-order valence-electron chi connectivity index (χ3n) is 3.72. The Balaban J connectivity index is 1.57. The summed E-state index contributed by atoms with van der Waals surface area (Å²) in [5.41, 5.74) is 1.38. The van der Waals surface area contributed by atoms with E-state index in [0.717, 1.165) is 18.6 Å². The second-order valence-electron chi connectivity index (χ2n) is 5.95. The van der Waals surface area contributed by atoms with Crippen LogP contribution in [0.25, 0.3) is 0 Å². The lowest BCUT2D eigenvalue weighted by atomic mass is 10.3. The van der Waals surface area contributed by atoms with Crippen molar-refractivity contribution in [2.75, 3.05) is 11.9 Å². The first kappa shape index (κ1) is 17.4. The van der Waals surface area contributed by atoms with Crippen LogP contribution in [0, 0.1) is 6.92 Å². The first-order valence-electron chi connectivity index (χ1n) is 8.35. The maximum atomic E-state index is 12.2. The molecule has 0 atom stereocenters. The summed E-state index contributed by atoms with van der Waals surface area (Å²) in [5, 5.41) is 6.42. The van der Waals surface area contributed by atoms with Crippen LogP contribution in [0.4, 0.5) is 5.69 Å². The third-order valence-corrected chi connectivity index (χ3v) is 4.88. The van der Waals surface area contributed by atoms with Crippen molar-refractivity contribution in [3.05, 3.63) is 39.8 Å². The Morgan fingerprint density at radius 3 is 2.64 bits per heavy atom. The molecule has 3 rings (SSSR count). The van der Waals surface area contributed by atoms with Crippen LogP contribution in [0.15, 0.2) is 24.3 Å². The van der Waals surface area contributed by atoms with E-state index < -0.39 is 0 Å². The Hall–Kier alpha value is -2.41. The van der Waals surface area contributed by atoms with Gasteiger partial charge in [0.25, 0.3) is 5.91 Å². The van der Waals surface area contributed by atoms with Crippen molar-refractivity contribution in [2.45, 2.75) is 39.2 Å². The summed E-state index contributed by atoms with van der Waals surface area (Å²) in [6.45, 7) is 4.32. The number of anilines is 1. The summed E-state index contributed by atoms with van der Waals surface area (Å²) >= 11 is 1.28. The lowest BCUT2D eigenvalue weighted by molar-refractivity contribution is -0.115. The van der Waals surface area contributed by atoms with E-state index in [-0.39, 0.29) is 18.2 Å². The van der Waals surface area contributed by atoms with Gasteiger partial charge in [-0.1, -0.05) is 0 Å². The molecule has 25 heavy (non-hydrogen) atoms. The molecule has 1 aromatic heterocycles. The molecular formula is C18H21N3O3S. The Bertz CT molecular complexity index is 766. The second-order valence-corrected chi connectivity index (χ2v) is 7.04. The summed E-state index contributed by atoms with van der Waals surface area (Å²) in [6, 6.07) is 7.52. The smallest absolute Gasteiger partial charge is 0.263 e. The highest BCUT2D eigenvalue weighted by molar-refractivity contribution is 7.13. The van der Waals surface area contributed by atoms with Gasteiger partial charge in [-0.15, -0.1) is 11.3 Å². The number of carbonyl (C=O) groups is 2. The topological polar surface area (TPSA) is 80.3 Å². The summed E-state index contributed by atoms with van der Waals surface area (Å²) in [5.74, 6) is 0.519. The first-order valence-corrected chi connectivity index (χ1v) is 9.16. The van der Waals surface area contributed by atoms with Crippen molar-refractivity contribution >= 4 is 28.8 Å². The normalized spacial score (nSPS) is 13.4. The molecule has 7 heteroatoms. The Kier molecular flexibility index (Phi) is 5.33. The van der Waals surface area contributed by atoms with E-state index in [1.54, 1.807) is 19.1 Å². The first-order chi connectivity index (χ1) is 12.0. The van der Waals surface area contributed by atoms with Gasteiger partial charge in [-0.3, -0.25) is 9.59 Å². The average Bonchev–Trinajstić information content (AvgIpc) is 3.30. The lowest BCUT2D eigenvalue weighted by Gasteiger charge is -2.06. The monoisotopic (exact) mass is 359 g/mol. The van der Waals surface area contributed by atoms with Gasteiger partial charge >= 0.3 is 0 Å². The van der Waals surface area contributed by atoms with Gasteiger partial charge in [0.05, 0.1) is 18.7 Å². The number of rotatable bonds is 7. The summed E-state index contributed by atoms with van der Waals surface area (Å²) < 4.78 is 5.37. The minimum absolute atomic E-state index is 0.0873. The van der Waals surface area contributed by atoms with Gasteiger partial charge in [-0.2, -0.15) is 0 Å². The van der Waals surface area contributed by atoms with E-state index in [2.05, 4.69) is 15.6 Å². The molecule has 0 radical (unpaired) electrons. The van der Waals surface area contributed by atoms with E-state index >= 15 is 0 Å². The molecule has 2 aromatic rings. The summed E-state index contributed by atoms with van der Waals surface area (Å²) in [6.07, 6.45) is 2.23. The van der Waals surface area contributed by atoms with Crippen molar-refractivity contribution < 1.29 is 14.3 Å². The number of carbonyl (C=O) groups excluding carboxylic acids is 2. The summed E-state index contributed by atoms with van der Waals surface area (Å²) in [7, 11) is 0. The van der Waals surface area contributed by atoms with Gasteiger partial charge in [0.2, 0.25) is 5.91 Å². The van der Waals surface area contributed by atoms with Crippen LogP contribution >= 0.6 is 11.3 Å². The summed E-state index contributed by atoms with van der Waals surface area (Å²) in [4.78, 5) is 29.3. The van der Waals surface area contributed by atoms with Crippen LogP contribution in [0.3, 0.4) is 0 Å². The molecular weight excluding hydrogens is 338 g/mol. The zero-order chi connectivity index (χ0) is 17.8. The van der Waals surface area contributed by atoms with Crippen molar-refractivity contribution in [1.82, 2.24) is 10.3 Å². The number of hydrogen-bond acceptors (Lipinski definition) is 5. The Morgan fingerprint density at radius 1 is 1.28 bits per heavy atom. The highest BCUT2D eigenvalue weighted by Crippen LogP contribution is 2.23. The Labute approximate surface area is 150 Å². The fourth-order valence-electron chi connectivity index (χ4n) is 2.36. The van der Waals surface area contributed by atoms with Crippen molar-refractivity contribution in [2.24, 2.45) is 0 Å². The maximum Gasteiger partial charge on any atom is 0.263 e. The molecule has 6 nitrogen and oxygen atoms in total. The van der Waals surface area contributed by atoms with Gasteiger partial charge in [-0.25, -0.2) is 4.98 Å². The molecule has 0 saturated heterocycles. The zero-order valence-electron chi connectivity index (χ0n) is 14.3. The number of nitrogens with one attached hydrogen (secondary N) is 2. The zero-order valence-corrected chi connectivity index (χ0v) is 15.1. The molecule has 1 aliphatic rings. The van der Waals surface area contributed by atoms with E-state index in [1.165, 1.54) is 11.3 Å². The molecule has 1 saturated carbocycles. The minimum atomic E-state index is -0.160. The van der Waals surface area contributed by atoms with Crippen molar-refractivity contribution in [1.29, 1.82) is 0 Å². The van der Waals surface area contributed by atoms with Crippen LogP contribution in [0.2, 0.25) is 0 Å². The number of amides is 2. The van der Waals surface area contributed by atoms with Crippen LogP contribution in [0.1, 0.15) is 40.1 Å². The quantitative estimate of drug-likeness (QED) is 0.796. The van der Waals surface area contributed by atoms with Crippen LogP contribution in [0.5, 0.6) is 5.75 Å². The lowest BCUT2D eigenvalue weighted by Crippen LogP contribution is -2.25. The molecule has 2 amide bonds. The van der Waals surface area contributed by atoms with Gasteiger partial charge in [-0.05, 0) is 51.0 Å². The van der Waals surface area contributed by atoms with Gasteiger partial charge < -0.3 is 15.4 Å². The SMILES string of the molecule is CCOc1ccc(NC(=O)Cc2nc(C)c(C(=O)NC3CC3)s2)cc1. The van der Waals surface area contributed by atoms with E-state index in [0.29, 0.717) is 33.9 Å². The molecule has 2 N–H and O–H groups in total. The van der Waals surface area contributed by atoms with Crippen LogP contribution in [-0.4, -0.2) is 29.4 Å². The van der Waals surface area contributed by atoms with Crippen molar-refractivity contribution in [3.63, 3.8) is 0 Å².